The average molecular weight is 289 g/mol. The monoisotopic (exact) mass is 289 g/mol. The Morgan fingerprint density at radius 1 is 1.25 bits per heavy atom. The van der Waals surface area contributed by atoms with Gasteiger partial charge in [0.2, 0.25) is 0 Å². The van der Waals surface area contributed by atoms with Crippen molar-refractivity contribution < 1.29 is 14.6 Å². The summed E-state index contributed by atoms with van der Waals surface area (Å²) < 4.78 is 5.72. The maximum atomic E-state index is 11.2. The minimum absolute atomic E-state index is 0.106. The number of para-hydroxylation sites is 1. The predicted octanol–water partition coefficient (Wildman–Crippen LogP) is 3.27. The molecular weight excluding hydrogens is 274 g/mol. The lowest BCUT2D eigenvalue weighted by atomic mass is 10.1. The molecule has 0 radical (unpaired) electrons. The summed E-state index contributed by atoms with van der Waals surface area (Å²) in [6, 6.07) is 12.6. The van der Waals surface area contributed by atoms with Crippen LogP contribution in [0.4, 0.5) is 5.69 Å². The van der Waals surface area contributed by atoms with Crippen LogP contribution in [0, 0.1) is 0 Å². The van der Waals surface area contributed by atoms with Gasteiger partial charge in [-0.25, -0.2) is 4.79 Å². The second kappa shape index (κ2) is 6.34. The molecule has 0 saturated heterocycles. The van der Waals surface area contributed by atoms with Crippen LogP contribution < -0.4 is 10.5 Å². The molecule has 2 aromatic carbocycles. The van der Waals surface area contributed by atoms with Gasteiger partial charge in [0, 0.05) is 16.1 Å². The van der Waals surface area contributed by atoms with Gasteiger partial charge >= 0.3 is 5.97 Å². The zero-order valence-corrected chi connectivity index (χ0v) is 11.8. The number of ether oxygens (including phenoxy) is 1. The Labute approximate surface area is 121 Å². The zero-order valence-electron chi connectivity index (χ0n) is 11.0. The third-order valence-electron chi connectivity index (χ3n) is 2.85. The number of nitrogens with two attached hydrogens (primary N) is 1. The molecule has 0 aliphatic heterocycles. The third kappa shape index (κ3) is 3.05. The van der Waals surface area contributed by atoms with E-state index >= 15 is 0 Å². The van der Waals surface area contributed by atoms with E-state index in [-0.39, 0.29) is 17.9 Å². The molecular formula is C15H15NO3S. The minimum Gasteiger partial charge on any atom is -0.488 e. The van der Waals surface area contributed by atoms with Gasteiger partial charge in [0.05, 0.1) is 5.56 Å². The van der Waals surface area contributed by atoms with Crippen molar-refractivity contribution in [1.82, 2.24) is 0 Å². The second-order valence-electron chi connectivity index (χ2n) is 4.13. The van der Waals surface area contributed by atoms with Gasteiger partial charge in [-0.15, -0.1) is 11.8 Å². The second-order valence-corrected chi connectivity index (χ2v) is 4.97. The van der Waals surface area contributed by atoms with Crippen LogP contribution in [0.5, 0.6) is 5.75 Å². The van der Waals surface area contributed by atoms with Gasteiger partial charge in [-0.2, -0.15) is 0 Å². The number of rotatable bonds is 5. The van der Waals surface area contributed by atoms with Crippen molar-refractivity contribution in [2.24, 2.45) is 0 Å². The number of anilines is 1. The SMILES string of the molecule is CSc1ccccc1OCc1cccc(N)c1C(=O)O. The smallest absolute Gasteiger partial charge is 0.338 e. The zero-order chi connectivity index (χ0) is 14.5. The van der Waals surface area contributed by atoms with Crippen molar-refractivity contribution >= 4 is 23.4 Å². The minimum atomic E-state index is -1.04. The topological polar surface area (TPSA) is 72.5 Å². The molecule has 0 amide bonds. The number of hydrogen-bond donors (Lipinski definition) is 2. The molecule has 104 valence electrons. The summed E-state index contributed by atoms with van der Waals surface area (Å²) in [6.45, 7) is 0.171. The molecule has 0 unspecified atom stereocenters. The van der Waals surface area contributed by atoms with Crippen LogP contribution in [-0.2, 0) is 6.61 Å². The van der Waals surface area contributed by atoms with Gasteiger partial charge in [-0.05, 0) is 24.5 Å². The van der Waals surface area contributed by atoms with Gasteiger partial charge in [0.15, 0.2) is 0 Å². The van der Waals surface area contributed by atoms with Crippen LogP contribution in [0.15, 0.2) is 47.4 Å². The van der Waals surface area contributed by atoms with Crippen molar-refractivity contribution in [3.63, 3.8) is 0 Å². The van der Waals surface area contributed by atoms with Gasteiger partial charge in [-0.3, -0.25) is 0 Å². The Hall–Kier alpha value is -2.14. The number of benzene rings is 2. The van der Waals surface area contributed by atoms with Crippen molar-refractivity contribution in [2.75, 3.05) is 12.0 Å². The Bertz CT molecular complexity index is 628. The lowest BCUT2D eigenvalue weighted by Gasteiger charge is -2.12. The molecule has 0 saturated carbocycles. The molecule has 0 bridgehead atoms. The van der Waals surface area contributed by atoms with Crippen molar-refractivity contribution in [1.29, 1.82) is 0 Å². The molecule has 0 aliphatic rings. The van der Waals surface area contributed by atoms with E-state index < -0.39 is 5.97 Å². The molecule has 0 fully saturated rings. The summed E-state index contributed by atoms with van der Waals surface area (Å²) in [4.78, 5) is 12.2. The number of nitrogen functional groups attached to an aromatic ring is 1. The molecule has 0 aromatic heterocycles. The molecule has 0 spiro atoms. The molecule has 20 heavy (non-hydrogen) atoms. The van der Waals surface area contributed by atoms with E-state index in [1.807, 2.05) is 30.5 Å². The largest absolute Gasteiger partial charge is 0.488 e. The first kappa shape index (κ1) is 14.3. The van der Waals surface area contributed by atoms with Crippen LogP contribution >= 0.6 is 11.8 Å². The third-order valence-corrected chi connectivity index (χ3v) is 3.63. The van der Waals surface area contributed by atoms with E-state index in [1.165, 1.54) is 0 Å². The van der Waals surface area contributed by atoms with Crippen molar-refractivity contribution in [3.8, 4) is 5.75 Å². The van der Waals surface area contributed by atoms with E-state index in [2.05, 4.69) is 0 Å². The predicted molar refractivity (Wildman–Crippen MR) is 80.4 cm³/mol. The van der Waals surface area contributed by atoms with E-state index in [1.54, 1.807) is 30.0 Å². The molecule has 3 N–H and O–H groups in total. The number of thioether (sulfide) groups is 1. The standard InChI is InChI=1S/C15H15NO3S/c1-20-13-8-3-2-7-12(13)19-9-10-5-4-6-11(16)14(10)15(17)18/h2-8H,9,16H2,1H3,(H,17,18). The average Bonchev–Trinajstić information content (AvgIpc) is 2.45. The van der Waals surface area contributed by atoms with E-state index in [9.17, 15) is 9.90 Å². The van der Waals surface area contributed by atoms with Crippen molar-refractivity contribution in [2.45, 2.75) is 11.5 Å². The van der Waals surface area contributed by atoms with Gasteiger partial charge in [-0.1, -0.05) is 24.3 Å². The first-order valence-corrected chi connectivity index (χ1v) is 7.22. The molecule has 4 nitrogen and oxygen atoms in total. The number of carboxylic acid groups (broad SMARTS) is 1. The molecule has 2 rings (SSSR count). The molecule has 2 aromatic rings. The fraction of sp³-hybridized carbons (Fsp3) is 0.133. The highest BCUT2D eigenvalue weighted by Crippen LogP contribution is 2.28. The Morgan fingerprint density at radius 3 is 2.70 bits per heavy atom. The van der Waals surface area contributed by atoms with E-state index in [0.717, 1.165) is 10.6 Å². The maximum Gasteiger partial charge on any atom is 0.338 e. The number of carboxylic acids is 1. The summed E-state index contributed by atoms with van der Waals surface area (Å²) >= 11 is 1.58. The van der Waals surface area contributed by atoms with Gasteiger partial charge in [0.25, 0.3) is 0 Å². The maximum absolute atomic E-state index is 11.2. The normalized spacial score (nSPS) is 10.2. The first-order valence-electron chi connectivity index (χ1n) is 6.00. The van der Waals surface area contributed by atoms with Crippen LogP contribution in [0.3, 0.4) is 0 Å². The van der Waals surface area contributed by atoms with Crippen LogP contribution in [0.1, 0.15) is 15.9 Å². The number of hydrogen-bond acceptors (Lipinski definition) is 4. The molecule has 5 heteroatoms. The number of carbonyl (C=O) groups is 1. The molecule has 0 atom stereocenters. The van der Waals surface area contributed by atoms with Crippen LogP contribution in [0.25, 0.3) is 0 Å². The first-order chi connectivity index (χ1) is 9.63. The summed E-state index contributed by atoms with van der Waals surface area (Å²) in [5.41, 5.74) is 6.62. The number of aromatic carboxylic acids is 1. The highest BCUT2D eigenvalue weighted by Gasteiger charge is 2.14. The quantitative estimate of drug-likeness (QED) is 0.653. The van der Waals surface area contributed by atoms with Gasteiger partial charge < -0.3 is 15.6 Å². The molecule has 0 heterocycles. The summed E-state index contributed by atoms with van der Waals surface area (Å²) in [5, 5.41) is 9.20. The van der Waals surface area contributed by atoms with Gasteiger partial charge in [0.1, 0.15) is 12.4 Å². The highest BCUT2D eigenvalue weighted by atomic mass is 32.2. The van der Waals surface area contributed by atoms with Crippen LogP contribution in [-0.4, -0.2) is 17.3 Å². The summed E-state index contributed by atoms with van der Waals surface area (Å²) in [7, 11) is 0. The van der Waals surface area contributed by atoms with E-state index in [4.69, 9.17) is 10.5 Å². The fourth-order valence-corrected chi connectivity index (χ4v) is 2.44. The Balaban J connectivity index is 2.23. The Kier molecular flexibility index (Phi) is 4.53. The van der Waals surface area contributed by atoms with Crippen LogP contribution in [0.2, 0.25) is 0 Å². The molecule has 0 aliphatic carbocycles. The lowest BCUT2D eigenvalue weighted by Crippen LogP contribution is -2.09. The lowest BCUT2D eigenvalue weighted by molar-refractivity contribution is 0.0695. The van der Waals surface area contributed by atoms with E-state index in [0.29, 0.717) is 5.56 Å². The summed E-state index contributed by atoms with van der Waals surface area (Å²) in [5.74, 6) is -0.307. The van der Waals surface area contributed by atoms with Crippen molar-refractivity contribution in [3.05, 3.63) is 53.6 Å². The fourth-order valence-electron chi connectivity index (χ4n) is 1.89. The Morgan fingerprint density at radius 2 is 2.00 bits per heavy atom. The summed E-state index contributed by atoms with van der Waals surface area (Å²) in [6.07, 6.45) is 1.96. The highest BCUT2D eigenvalue weighted by molar-refractivity contribution is 7.98.